The van der Waals surface area contributed by atoms with Gasteiger partial charge in [-0.25, -0.2) is 9.67 Å². The first-order chi connectivity index (χ1) is 12.7. The monoisotopic (exact) mass is 484 g/mol. The molecule has 0 bridgehead atoms. The highest BCUT2D eigenvalue weighted by molar-refractivity contribution is 14.0. The number of nitrogens with one attached hydrogen (secondary N) is 1. The zero-order valence-corrected chi connectivity index (χ0v) is 17.6. The Bertz CT molecular complexity index is 809. The molecule has 0 amide bonds. The summed E-state index contributed by atoms with van der Waals surface area (Å²) < 4.78 is 12.6. The summed E-state index contributed by atoms with van der Waals surface area (Å²) in [5.41, 5.74) is 10.6. The number of methoxy groups -OCH3 is 1. The number of guanidine groups is 1. The molecule has 1 aromatic heterocycles. The van der Waals surface area contributed by atoms with E-state index in [1.807, 2.05) is 12.3 Å². The van der Waals surface area contributed by atoms with Crippen molar-refractivity contribution in [2.75, 3.05) is 25.6 Å². The zero-order chi connectivity index (χ0) is 17.9. The topological polar surface area (TPSA) is 99.6 Å². The van der Waals surface area contributed by atoms with Crippen molar-refractivity contribution < 1.29 is 9.47 Å². The second-order valence-electron chi connectivity index (χ2n) is 6.73. The number of nitrogens with two attached hydrogens (primary N) is 1. The summed E-state index contributed by atoms with van der Waals surface area (Å²) in [6.07, 6.45) is 5.41. The molecule has 0 unspecified atom stereocenters. The first-order valence-corrected chi connectivity index (χ1v) is 8.93. The normalized spacial score (nSPS) is 21.7. The fourth-order valence-electron chi connectivity index (χ4n) is 3.55. The average molecular weight is 484 g/mol. The maximum atomic E-state index is 6.02. The Morgan fingerprint density at radius 1 is 1.37 bits per heavy atom. The van der Waals surface area contributed by atoms with E-state index >= 15 is 0 Å². The smallest absolute Gasteiger partial charge is 0.193 e. The van der Waals surface area contributed by atoms with Crippen molar-refractivity contribution in [2.24, 2.45) is 10.7 Å². The minimum Gasteiger partial charge on any atom is -0.377 e. The third kappa shape index (κ3) is 4.58. The molecule has 1 aliphatic carbocycles. The molecule has 1 aromatic carbocycles. The Labute approximate surface area is 175 Å². The Morgan fingerprint density at radius 3 is 3.07 bits per heavy atom. The SMILES string of the molecule is CO[C@@H]1COC[C@H]1n1cc(CN=C(N)Nc2ccc3c(c2)CCC3)nn1.I. The third-order valence-corrected chi connectivity index (χ3v) is 4.98. The van der Waals surface area contributed by atoms with E-state index in [0.717, 1.165) is 17.8 Å². The van der Waals surface area contributed by atoms with Gasteiger partial charge in [-0.3, -0.25) is 0 Å². The standard InChI is InChI=1S/C18H24N6O2.HI/c1-25-17-11-26-10-16(17)24-9-15(22-23-24)8-20-18(19)21-14-6-5-12-3-2-4-13(12)7-14;/h5-7,9,16-17H,2-4,8,10-11H2,1H3,(H3,19,20,21);1H/t16-,17-;/m1./s1. The molecule has 1 aliphatic heterocycles. The van der Waals surface area contributed by atoms with E-state index in [-0.39, 0.29) is 36.1 Å². The molecular formula is C18H25IN6O2. The molecule has 4 rings (SSSR count). The molecule has 2 aromatic rings. The van der Waals surface area contributed by atoms with Crippen molar-refractivity contribution in [1.82, 2.24) is 15.0 Å². The van der Waals surface area contributed by atoms with Crippen LogP contribution in [0.4, 0.5) is 5.69 Å². The van der Waals surface area contributed by atoms with E-state index < -0.39 is 0 Å². The number of aryl methyl sites for hydroxylation is 2. The van der Waals surface area contributed by atoms with Crippen molar-refractivity contribution in [3.63, 3.8) is 0 Å². The minimum atomic E-state index is -0.000374. The molecule has 2 atom stereocenters. The maximum absolute atomic E-state index is 6.02. The van der Waals surface area contributed by atoms with Gasteiger partial charge >= 0.3 is 0 Å². The van der Waals surface area contributed by atoms with Gasteiger partial charge in [-0.1, -0.05) is 11.3 Å². The van der Waals surface area contributed by atoms with Gasteiger partial charge in [-0.2, -0.15) is 0 Å². The molecule has 3 N–H and O–H groups in total. The van der Waals surface area contributed by atoms with Gasteiger partial charge in [0.15, 0.2) is 5.96 Å². The van der Waals surface area contributed by atoms with Crippen LogP contribution in [0.5, 0.6) is 0 Å². The van der Waals surface area contributed by atoms with Crippen molar-refractivity contribution >= 4 is 35.6 Å². The van der Waals surface area contributed by atoms with Crippen molar-refractivity contribution in [3.8, 4) is 0 Å². The van der Waals surface area contributed by atoms with E-state index in [0.29, 0.717) is 25.7 Å². The largest absolute Gasteiger partial charge is 0.377 e. The van der Waals surface area contributed by atoms with E-state index in [9.17, 15) is 0 Å². The second kappa shape index (κ2) is 8.98. The number of aliphatic imine (C=N–C) groups is 1. The highest BCUT2D eigenvalue weighted by atomic mass is 127. The van der Waals surface area contributed by atoms with E-state index in [2.05, 4.69) is 32.8 Å². The minimum absolute atomic E-state index is 0. The fraction of sp³-hybridized carbons (Fsp3) is 0.500. The van der Waals surface area contributed by atoms with Crippen LogP contribution in [-0.4, -0.2) is 47.4 Å². The quantitative estimate of drug-likeness (QED) is 0.382. The summed E-state index contributed by atoms with van der Waals surface area (Å²) in [7, 11) is 1.68. The Hall–Kier alpha value is -1.72. The molecule has 27 heavy (non-hydrogen) atoms. The number of nitrogens with zero attached hydrogens (tertiary/aromatic N) is 4. The van der Waals surface area contributed by atoms with Crippen LogP contribution in [0.1, 0.15) is 29.3 Å². The molecule has 0 spiro atoms. The van der Waals surface area contributed by atoms with Gasteiger partial charge in [0.1, 0.15) is 17.8 Å². The molecule has 8 nitrogen and oxygen atoms in total. The summed E-state index contributed by atoms with van der Waals surface area (Å²) in [6.45, 7) is 1.52. The molecule has 0 radical (unpaired) electrons. The lowest BCUT2D eigenvalue weighted by molar-refractivity contribution is 0.0661. The number of halogens is 1. The number of rotatable bonds is 5. The summed E-state index contributed by atoms with van der Waals surface area (Å²) >= 11 is 0. The predicted octanol–water partition coefficient (Wildman–Crippen LogP) is 1.90. The van der Waals surface area contributed by atoms with Crippen LogP contribution < -0.4 is 11.1 Å². The lowest BCUT2D eigenvalue weighted by Gasteiger charge is -2.15. The summed E-state index contributed by atoms with van der Waals surface area (Å²) in [6, 6.07) is 6.42. The number of aromatic nitrogens is 3. The Kier molecular flexibility index (Phi) is 6.66. The molecule has 9 heteroatoms. The van der Waals surface area contributed by atoms with E-state index in [4.69, 9.17) is 15.2 Å². The van der Waals surface area contributed by atoms with Gasteiger partial charge in [0.2, 0.25) is 0 Å². The van der Waals surface area contributed by atoms with E-state index in [1.165, 1.54) is 24.0 Å². The highest BCUT2D eigenvalue weighted by Crippen LogP contribution is 2.25. The number of hydrogen-bond acceptors (Lipinski definition) is 5. The van der Waals surface area contributed by atoms with Crippen molar-refractivity contribution in [2.45, 2.75) is 38.0 Å². The van der Waals surface area contributed by atoms with Crippen LogP contribution >= 0.6 is 24.0 Å². The maximum Gasteiger partial charge on any atom is 0.193 e. The van der Waals surface area contributed by atoms with Gasteiger partial charge in [0.05, 0.1) is 26.0 Å². The van der Waals surface area contributed by atoms with Crippen LogP contribution in [0.25, 0.3) is 0 Å². The van der Waals surface area contributed by atoms with Crippen LogP contribution in [0.3, 0.4) is 0 Å². The first kappa shape index (κ1) is 20.0. The molecular weight excluding hydrogens is 459 g/mol. The van der Waals surface area contributed by atoms with Crippen LogP contribution in [0, 0.1) is 0 Å². The number of anilines is 1. The number of hydrogen-bond donors (Lipinski definition) is 2. The zero-order valence-electron chi connectivity index (χ0n) is 15.3. The predicted molar refractivity (Wildman–Crippen MR) is 114 cm³/mol. The Morgan fingerprint density at radius 2 is 2.22 bits per heavy atom. The fourth-order valence-corrected chi connectivity index (χ4v) is 3.55. The molecule has 1 saturated heterocycles. The molecule has 1 fully saturated rings. The number of benzene rings is 1. The summed E-state index contributed by atoms with van der Waals surface area (Å²) in [5.74, 6) is 0.372. The van der Waals surface area contributed by atoms with Crippen LogP contribution in [-0.2, 0) is 28.9 Å². The molecule has 0 saturated carbocycles. The van der Waals surface area contributed by atoms with Crippen LogP contribution in [0.15, 0.2) is 29.4 Å². The summed E-state index contributed by atoms with van der Waals surface area (Å²) in [5, 5.41) is 11.5. The Balaban J connectivity index is 0.00000210. The molecule has 2 aliphatic rings. The number of fused-ring (bicyclic) bond motifs is 1. The van der Waals surface area contributed by atoms with Gasteiger partial charge in [-0.15, -0.1) is 29.1 Å². The third-order valence-electron chi connectivity index (χ3n) is 4.98. The second-order valence-corrected chi connectivity index (χ2v) is 6.73. The van der Waals surface area contributed by atoms with E-state index in [1.54, 1.807) is 11.8 Å². The highest BCUT2D eigenvalue weighted by Gasteiger charge is 2.30. The van der Waals surface area contributed by atoms with Crippen molar-refractivity contribution in [3.05, 3.63) is 41.2 Å². The van der Waals surface area contributed by atoms with Gasteiger partial charge in [0.25, 0.3) is 0 Å². The lowest BCUT2D eigenvalue weighted by atomic mass is 10.1. The molecule has 146 valence electrons. The lowest BCUT2D eigenvalue weighted by Crippen LogP contribution is -2.24. The average Bonchev–Trinajstić information content (AvgIpc) is 3.38. The van der Waals surface area contributed by atoms with Gasteiger partial charge < -0.3 is 20.5 Å². The van der Waals surface area contributed by atoms with Crippen molar-refractivity contribution in [1.29, 1.82) is 0 Å². The van der Waals surface area contributed by atoms with Gasteiger partial charge in [-0.05, 0) is 42.5 Å². The van der Waals surface area contributed by atoms with Gasteiger partial charge in [0, 0.05) is 12.8 Å². The number of ether oxygens (including phenoxy) is 2. The van der Waals surface area contributed by atoms with Crippen LogP contribution in [0.2, 0.25) is 0 Å². The first-order valence-electron chi connectivity index (χ1n) is 8.93. The summed E-state index contributed by atoms with van der Waals surface area (Å²) in [4.78, 5) is 4.37. The molecule has 2 heterocycles.